The molecule has 0 bridgehead atoms. The van der Waals surface area contributed by atoms with Gasteiger partial charge in [-0.3, -0.25) is 9.10 Å². The van der Waals surface area contributed by atoms with Gasteiger partial charge in [0.05, 0.1) is 23.0 Å². The van der Waals surface area contributed by atoms with Gasteiger partial charge in [0.2, 0.25) is 0 Å². The zero-order valence-electron chi connectivity index (χ0n) is 17.0. The van der Waals surface area contributed by atoms with Crippen LogP contribution in [0.2, 0.25) is 0 Å². The van der Waals surface area contributed by atoms with Gasteiger partial charge in [-0.25, -0.2) is 13.1 Å². The second-order valence-electron chi connectivity index (χ2n) is 7.39. The molecule has 1 N–H and O–H groups in total. The van der Waals surface area contributed by atoms with Gasteiger partial charge in [0.1, 0.15) is 18.1 Å². The van der Waals surface area contributed by atoms with Crippen LogP contribution in [0.5, 0.6) is 0 Å². The fourth-order valence-electron chi connectivity index (χ4n) is 3.79. The molecule has 4 aromatic rings. The fourth-order valence-corrected chi connectivity index (χ4v) is 5.34. The Hall–Kier alpha value is -3.85. The number of carbonyl (C=O) groups excluding carboxylic acids is 1. The number of hydrogen-bond acceptors (Lipinski definition) is 5. The maximum absolute atomic E-state index is 13.3. The van der Waals surface area contributed by atoms with Crippen molar-refractivity contribution in [3.05, 3.63) is 96.1 Å². The zero-order valence-corrected chi connectivity index (χ0v) is 17.8. The summed E-state index contributed by atoms with van der Waals surface area (Å²) >= 11 is 0. The SMILES string of the molecule is O=C(Nc1ccnn1Cc1ccco1)c1cccc(S(=O)(=O)N2CCc3ccccc32)c1. The van der Waals surface area contributed by atoms with E-state index in [1.807, 2.05) is 24.3 Å². The van der Waals surface area contributed by atoms with E-state index in [2.05, 4.69) is 10.4 Å². The predicted octanol–water partition coefficient (Wildman–Crippen LogP) is 3.53. The first-order valence-corrected chi connectivity index (χ1v) is 11.5. The molecule has 5 rings (SSSR count). The summed E-state index contributed by atoms with van der Waals surface area (Å²) in [5.41, 5.74) is 1.92. The van der Waals surface area contributed by atoms with Gasteiger partial charge in [0.25, 0.3) is 15.9 Å². The highest BCUT2D eigenvalue weighted by Gasteiger charge is 2.31. The van der Waals surface area contributed by atoms with Crippen LogP contribution in [0.4, 0.5) is 11.5 Å². The fraction of sp³-hybridized carbons (Fsp3) is 0.130. The molecule has 9 heteroatoms. The van der Waals surface area contributed by atoms with Gasteiger partial charge in [0.15, 0.2) is 0 Å². The van der Waals surface area contributed by atoms with Crippen molar-refractivity contribution < 1.29 is 17.6 Å². The number of para-hydroxylation sites is 1. The monoisotopic (exact) mass is 448 g/mol. The molecule has 2 aromatic heterocycles. The van der Waals surface area contributed by atoms with Crippen LogP contribution in [0.3, 0.4) is 0 Å². The predicted molar refractivity (Wildman–Crippen MR) is 119 cm³/mol. The van der Waals surface area contributed by atoms with E-state index < -0.39 is 15.9 Å². The summed E-state index contributed by atoms with van der Waals surface area (Å²) in [6, 6.07) is 18.8. The molecular formula is C23H20N4O4S. The highest BCUT2D eigenvalue weighted by atomic mass is 32.2. The number of nitrogens with zero attached hydrogens (tertiary/aromatic N) is 3. The van der Waals surface area contributed by atoms with E-state index in [1.54, 1.807) is 47.5 Å². The normalized spacial score (nSPS) is 13.2. The van der Waals surface area contributed by atoms with E-state index in [0.717, 1.165) is 5.56 Å². The second-order valence-corrected chi connectivity index (χ2v) is 9.25. The standard InChI is InChI=1S/C23H20N4O4S/c28-23(25-22-10-12-24-26(22)16-19-7-4-14-31-19)18-6-3-8-20(15-18)32(29,30)27-13-11-17-5-1-2-9-21(17)27/h1-10,12,14-15H,11,13,16H2,(H,25,28). The van der Waals surface area contributed by atoms with Crippen molar-refractivity contribution in [2.24, 2.45) is 0 Å². The average Bonchev–Trinajstić information content (AvgIpc) is 3.56. The van der Waals surface area contributed by atoms with Gasteiger partial charge in [-0.1, -0.05) is 24.3 Å². The molecule has 1 amide bonds. The third-order valence-electron chi connectivity index (χ3n) is 5.37. The molecule has 0 spiro atoms. The van der Waals surface area contributed by atoms with Crippen molar-refractivity contribution in [3.8, 4) is 0 Å². The molecular weight excluding hydrogens is 428 g/mol. The van der Waals surface area contributed by atoms with Gasteiger partial charge in [-0.15, -0.1) is 0 Å². The smallest absolute Gasteiger partial charge is 0.264 e. The Labute approximate surface area is 185 Å². The summed E-state index contributed by atoms with van der Waals surface area (Å²) in [6.45, 7) is 0.739. The minimum atomic E-state index is -3.79. The summed E-state index contributed by atoms with van der Waals surface area (Å²) in [4.78, 5) is 13.0. The number of fused-ring (bicyclic) bond motifs is 1. The Balaban J connectivity index is 1.38. The van der Waals surface area contributed by atoms with Gasteiger partial charge in [-0.2, -0.15) is 5.10 Å². The van der Waals surface area contributed by atoms with Gasteiger partial charge < -0.3 is 9.73 Å². The third kappa shape index (κ3) is 3.67. The molecule has 0 aliphatic carbocycles. The lowest BCUT2D eigenvalue weighted by Crippen LogP contribution is -2.29. The molecule has 0 saturated carbocycles. The highest BCUT2D eigenvalue weighted by Crippen LogP contribution is 2.32. The molecule has 0 saturated heterocycles. The number of furan rings is 1. The average molecular weight is 449 g/mol. The zero-order chi connectivity index (χ0) is 22.1. The number of carbonyl (C=O) groups is 1. The largest absolute Gasteiger partial charge is 0.467 e. The topological polar surface area (TPSA) is 97.4 Å². The highest BCUT2D eigenvalue weighted by molar-refractivity contribution is 7.92. The molecule has 8 nitrogen and oxygen atoms in total. The van der Waals surface area contributed by atoms with Crippen molar-refractivity contribution >= 4 is 27.4 Å². The van der Waals surface area contributed by atoms with E-state index in [4.69, 9.17) is 4.42 Å². The minimum absolute atomic E-state index is 0.0750. The first-order valence-electron chi connectivity index (χ1n) is 10.1. The second kappa shape index (κ2) is 8.01. The summed E-state index contributed by atoms with van der Waals surface area (Å²) in [6.07, 6.45) is 3.81. The maximum Gasteiger partial charge on any atom is 0.264 e. The number of benzene rings is 2. The van der Waals surface area contributed by atoms with Crippen molar-refractivity contribution in [3.63, 3.8) is 0 Å². The lowest BCUT2D eigenvalue weighted by molar-refractivity contribution is 0.102. The number of sulfonamides is 1. The van der Waals surface area contributed by atoms with E-state index in [-0.39, 0.29) is 10.5 Å². The first kappa shape index (κ1) is 20.1. The summed E-state index contributed by atoms with van der Waals surface area (Å²) in [7, 11) is -3.79. The lowest BCUT2D eigenvalue weighted by Gasteiger charge is -2.20. The Kier molecular flexibility index (Phi) is 5.02. The van der Waals surface area contributed by atoms with Crippen LogP contribution < -0.4 is 9.62 Å². The quantitative estimate of drug-likeness (QED) is 0.487. The Bertz CT molecular complexity index is 1380. The van der Waals surface area contributed by atoms with Gasteiger partial charge in [0, 0.05) is 18.2 Å². The molecule has 2 aromatic carbocycles. The first-order chi connectivity index (χ1) is 15.5. The van der Waals surface area contributed by atoms with Crippen LogP contribution in [-0.4, -0.2) is 30.7 Å². The Morgan fingerprint density at radius 1 is 1.06 bits per heavy atom. The molecule has 0 unspecified atom stereocenters. The third-order valence-corrected chi connectivity index (χ3v) is 7.18. The van der Waals surface area contributed by atoms with Crippen LogP contribution in [0.25, 0.3) is 0 Å². The van der Waals surface area contributed by atoms with Crippen molar-refractivity contribution in [2.45, 2.75) is 17.9 Å². The molecule has 32 heavy (non-hydrogen) atoms. The molecule has 0 radical (unpaired) electrons. The van der Waals surface area contributed by atoms with Crippen molar-refractivity contribution in [1.82, 2.24) is 9.78 Å². The molecule has 0 atom stereocenters. The number of anilines is 2. The van der Waals surface area contributed by atoms with Crippen molar-refractivity contribution in [2.75, 3.05) is 16.2 Å². The van der Waals surface area contributed by atoms with Crippen LogP contribution in [0.1, 0.15) is 21.7 Å². The van der Waals surface area contributed by atoms with Gasteiger partial charge >= 0.3 is 0 Å². The maximum atomic E-state index is 13.3. The Morgan fingerprint density at radius 3 is 2.78 bits per heavy atom. The number of rotatable bonds is 6. The van der Waals surface area contributed by atoms with E-state index in [9.17, 15) is 13.2 Å². The van der Waals surface area contributed by atoms with Crippen molar-refractivity contribution in [1.29, 1.82) is 0 Å². The molecule has 3 heterocycles. The van der Waals surface area contributed by atoms with E-state index >= 15 is 0 Å². The number of aromatic nitrogens is 2. The number of hydrogen-bond donors (Lipinski definition) is 1. The van der Waals surface area contributed by atoms with Crippen LogP contribution in [0.15, 0.2) is 88.5 Å². The molecule has 162 valence electrons. The molecule has 1 aliphatic rings. The summed E-state index contributed by atoms with van der Waals surface area (Å²) < 4.78 is 34.9. The van der Waals surface area contributed by atoms with Crippen LogP contribution in [-0.2, 0) is 23.0 Å². The molecule has 1 aliphatic heterocycles. The van der Waals surface area contributed by atoms with E-state index in [1.165, 1.54) is 16.4 Å². The summed E-state index contributed by atoms with van der Waals surface area (Å²) in [5.74, 6) is 0.751. The van der Waals surface area contributed by atoms with Crippen LogP contribution in [0, 0.1) is 0 Å². The summed E-state index contributed by atoms with van der Waals surface area (Å²) in [5, 5.41) is 7.00. The lowest BCUT2D eigenvalue weighted by atomic mass is 10.2. The van der Waals surface area contributed by atoms with Crippen LogP contribution >= 0.6 is 0 Å². The number of nitrogens with one attached hydrogen (secondary N) is 1. The van der Waals surface area contributed by atoms with E-state index in [0.29, 0.717) is 36.8 Å². The minimum Gasteiger partial charge on any atom is -0.467 e. The Morgan fingerprint density at radius 2 is 1.94 bits per heavy atom. The van der Waals surface area contributed by atoms with Gasteiger partial charge in [-0.05, 0) is 48.4 Å². The molecule has 0 fully saturated rings. The number of amides is 1.